The third-order valence-electron chi connectivity index (χ3n) is 4.25. The van der Waals surface area contributed by atoms with E-state index in [1.165, 1.54) is 0 Å². The van der Waals surface area contributed by atoms with Gasteiger partial charge in [-0.05, 0) is 44.1 Å². The summed E-state index contributed by atoms with van der Waals surface area (Å²) in [6.07, 6.45) is 5.27. The van der Waals surface area contributed by atoms with Crippen molar-refractivity contribution in [3.05, 3.63) is 12.2 Å². The minimum absolute atomic E-state index is 0.0395. The molecule has 0 spiro atoms. The molecule has 0 unspecified atom stereocenters. The highest BCUT2D eigenvalue weighted by Crippen LogP contribution is 2.35. The average Bonchev–Trinajstić information content (AvgIpc) is 2.40. The fourth-order valence-corrected chi connectivity index (χ4v) is 3.17. The number of rotatable bonds is 4. The number of allylic oxidation sites excluding steroid dienone is 1. The van der Waals surface area contributed by atoms with Gasteiger partial charge < -0.3 is 9.47 Å². The molecule has 1 aliphatic heterocycles. The zero-order valence-electron chi connectivity index (χ0n) is 11.6. The van der Waals surface area contributed by atoms with Crippen LogP contribution in [-0.2, 0) is 9.47 Å². The largest absolute Gasteiger partial charge is 0.352 e. The van der Waals surface area contributed by atoms with E-state index in [2.05, 4.69) is 6.92 Å². The Kier molecular flexibility index (Phi) is 5.76. The van der Waals surface area contributed by atoms with Crippen LogP contribution in [-0.4, -0.2) is 19.5 Å². The minimum Gasteiger partial charge on any atom is -0.352 e. The van der Waals surface area contributed by atoms with Crippen LogP contribution in [0.1, 0.15) is 45.4 Å². The summed E-state index contributed by atoms with van der Waals surface area (Å²) in [5, 5.41) is 0. The number of ether oxygens (including phenoxy) is 2. The highest BCUT2D eigenvalue weighted by Gasteiger charge is 2.31. The maximum Gasteiger partial charge on any atom is 0.266 e. The molecule has 0 aromatic heterocycles. The van der Waals surface area contributed by atoms with Crippen molar-refractivity contribution in [2.24, 2.45) is 17.8 Å². The van der Waals surface area contributed by atoms with Gasteiger partial charge >= 0.3 is 0 Å². The van der Waals surface area contributed by atoms with E-state index in [0.29, 0.717) is 11.8 Å². The average molecular weight is 274 g/mol. The summed E-state index contributed by atoms with van der Waals surface area (Å²) in [4.78, 5) is 0. The Morgan fingerprint density at radius 3 is 2.26 bits per heavy atom. The molecule has 0 aromatic rings. The van der Waals surface area contributed by atoms with Crippen LogP contribution in [0.5, 0.6) is 0 Å². The van der Waals surface area contributed by atoms with Crippen molar-refractivity contribution in [1.82, 2.24) is 0 Å². The van der Waals surface area contributed by atoms with E-state index >= 15 is 0 Å². The zero-order valence-corrected chi connectivity index (χ0v) is 11.6. The molecule has 0 bridgehead atoms. The third-order valence-corrected chi connectivity index (χ3v) is 4.25. The van der Waals surface area contributed by atoms with Gasteiger partial charge in [-0.2, -0.15) is 8.78 Å². The maximum absolute atomic E-state index is 12.2. The second-order valence-corrected chi connectivity index (χ2v) is 5.82. The predicted octanol–water partition coefficient (Wildman–Crippen LogP) is 4.36. The normalized spacial score (nSPS) is 35.9. The van der Waals surface area contributed by atoms with E-state index in [1.807, 2.05) is 0 Å². The molecule has 110 valence electrons. The number of hydrogen-bond donors (Lipinski definition) is 0. The van der Waals surface area contributed by atoms with Crippen molar-refractivity contribution in [3.8, 4) is 0 Å². The Bertz CT molecular complexity index is 287. The van der Waals surface area contributed by atoms with Gasteiger partial charge in [0.05, 0.1) is 13.2 Å². The molecule has 0 amide bonds. The molecule has 0 N–H and O–H groups in total. The van der Waals surface area contributed by atoms with E-state index < -0.39 is 6.08 Å². The molecule has 1 aliphatic carbocycles. The molecule has 0 aromatic carbocycles. The Hall–Kier alpha value is -0.480. The molecule has 4 heteroatoms. The SMILES string of the molecule is CCCC1COC(C2CCC(C=C(F)F)CC2)OC1. The third kappa shape index (κ3) is 4.53. The molecule has 2 aliphatic rings. The van der Waals surface area contributed by atoms with Crippen molar-refractivity contribution < 1.29 is 18.3 Å². The molecule has 1 saturated carbocycles. The molecule has 2 nitrogen and oxygen atoms in total. The first kappa shape index (κ1) is 14.9. The van der Waals surface area contributed by atoms with Crippen LogP contribution in [0.25, 0.3) is 0 Å². The minimum atomic E-state index is -1.55. The Morgan fingerprint density at radius 2 is 1.74 bits per heavy atom. The quantitative estimate of drug-likeness (QED) is 0.758. The van der Waals surface area contributed by atoms with Crippen LogP contribution >= 0.6 is 0 Å². The summed E-state index contributed by atoms with van der Waals surface area (Å²) >= 11 is 0. The van der Waals surface area contributed by atoms with Crippen molar-refractivity contribution in [2.75, 3.05) is 13.2 Å². The van der Waals surface area contributed by atoms with Gasteiger partial charge in [0, 0.05) is 11.8 Å². The van der Waals surface area contributed by atoms with E-state index in [-0.39, 0.29) is 12.2 Å². The van der Waals surface area contributed by atoms with E-state index in [1.54, 1.807) is 0 Å². The standard InChI is InChI=1S/C15H24F2O2/c1-2-3-12-9-18-15(19-10-12)13-6-4-11(5-7-13)8-14(16)17/h8,11-13,15H,2-7,9-10H2,1H3. The molecule has 2 rings (SSSR count). The van der Waals surface area contributed by atoms with Crippen LogP contribution in [0.4, 0.5) is 8.78 Å². The monoisotopic (exact) mass is 274 g/mol. The second-order valence-electron chi connectivity index (χ2n) is 5.82. The highest BCUT2D eigenvalue weighted by molar-refractivity contribution is 4.91. The van der Waals surface area contributed by atoms with Gasteiger partial charge in [0.1, 0.15) is 0 Å². The highest BCUT2D eigenvalue weighted by atomic mass is 19.3. The van der Waals surface area contributed by atoms with Crippen LogP contribution < -0.4 is 0 Å². The molecular weight excluding hydrogens is 250 g/mol. The molecule has 0 radical (unpaired) electrons. The summed E-state index contributed by atoms with van der Waals surface area (Å²) in [6.45, 7) is 3.75. The predicted molar refractivity (Wildman–Crippen MR) is 69.8 cm³/mol. The molecule has 1 heterocycles. The van der Waals surface area contributed by atoms with Crippen LogP contribution in [0, 0.1) is 17.8 Å². The Balaban J connectivity index is 1.72. The van der Waals surface area contributed by atoms with Crippen molar-refractivity contribution >= 4 is 0 Å². The topological polar surface area (TPSA) is 18.5 Å². The fraction of sp³-hybridized carbons (Fsp3) is 0.867. The summed E-state index contributed by atoms with van der Waals surface area (Å²) in [6, 6.07) is 0. The lowest BCUT2D eigenvalue weighted by Crippen LogP contribution is -2.38. The van der Waals surface area contributed by atoms with Crippen molar-refractivity contribution in [2.45, 2.75) is 51.7 Å². The second kappa shape index (κ2) is 7.34. The van der Waals surface area contributed by atoms with Gasteiger partial charge in [-0.15, -0.1) is 0 Å². The van der Waals surface area contributed by atoms with E-state index in [0.717, 1.165) is 57.8 Å². The van der Waals surface area contributed by atoms with Gasteiger partial charge in [0.15, 0.2) is 6.29 Å². The van der Waals surface area contributed by atoms with Crippen LogP contribution in [0.2, 0.25) is 0 Å². The van der Waals surface area contributed by atoms with Gasteiger partial charge in [0.2, 0.25) is 0 Å². The van der Waals surface area contributed by atoms with Gasteiger partial charge in [-0.1, -0.05) is 13.3 Å². The van der Waals surface area contributed by atoms with Crippen molar-refractivity contribution in [3.63, 3.8) is 0 Å². The Morgan fingerprint density at radius 1 is 1.11 bits per heavy atom. The van der Waals surface area contributed by atoms with Gasteiger partial charge in [0.25, 0.3) is 6.08 Å². The van der Waals surface area contributed by atoms with Crippen LogP contribution in [0.3, 0.4) is 0 Å². The van der Waals surface area contributed by atoms with Gasteiger partial charge in [-0.25, -0.2) is 0 Å². The smallest absolute Gasteiger partial charge is 0.266 e. The van der Waals surface area contributed by atoms with Gasteiger partial charge in [-0.3, -0.25) is 0 Å². The first-order valence-electron chi connectivity index (χ1n) is 7.45. The summed E-state index contributed by atoms with van der Waals surface area (Å²) < 4.78 is 36.0. The number of hydrogen-bond acceptors (Lipinski definition) is 2. The van der Waals surface area contributed by atoms with Crippen molar-refractivity contribution in [1.29, 1.82) is 0 Å². The van der Waals surface area contributed by atoms with E-state index in [9.17, 15) is 8.78 Å². The summed E-state index contributed by atoms with van der Waals surface area (Å²) in [7, 11) is 0. The lowest BCUT2D eigenvalue weighted by molar-refractivity contribution is -0.229. The molecule has 2 fully saturated rings. The molecular formula is C15H24F2O2. The Labute approximate surface area is 114 Å². The molecule has 0 atom stereocenters. The first-order chi connectivity index (χ1) is 9.19. The van der Waals surface area contributed by atoms with E-state index in [4.69, 9.17) is 9.47 Å². The first-order valence-corrected chi connectivity index (χ1v) is 7.45. The maximum atomic E-state index is 12.2. The molecule has 19 heavy (non-hydrogen) atoms. The fourth-order valence-electron chi connectivity index (χ4n) is 3.17. The summed E-state index contributed by atoms with van der Waals surface area (Å²) in [5.74, 6) is 0.953. The number of halogens is 2. The van der Waals surface area contributed by atoms with Crippen LogP contribution in [0.15, 0.2) is 12.2 Å². The lowest BCUT2D eigenvalue weighted by Gasteiger charge is -2.37. The lowest BCUT2D eigenvalue weighted by atomic mass is 9.81. The zero-order chi connectivity index (χ0) is 13.7. The molecule has 1 saturated heterocycles. The summed E-state index contributed by atoms with van der Waals surface area (Å²) in [5.41, 5.74) is 0.